The molecule has 21 heavy (non-hydrogen) atoms. The molecule has 0 aliphatic carbocycles. The second-order valence-electron chi connectivity index (χ2n) is 5.73. The molecule has 124 valence electrons. The Hall–Kier alpha value is -1.03. The number of methoxy groups -OCH3 is 1. The predicted molar refractivity (Wildman–Crippen MR) is 85.2 cm³/mol. The SMILES string of the molecule is COC(=O)C=C(O)CCCCCCCCCCCC(C)O. The van der Waals surface area contributed by atoms with Crippen LogP contribution in [0.5, 0.6) is 0 Å². The highest BCUT2D eigenvalue weighted by atomic mass is 16.5. The van der Waals surface area contributed by atoms with Crippen LogP contribution in [0.25, 0.3) is 0 Å². The summed E-state index contributed by atoms with van der Waals surface area (Å²) in [6.07, 6.45) is 13.0. The van der Waals surface area contributed by atoms with Crippen molar-refractivity contribution in [2.45, 2.75) is 83.7 Å². The number of rotatable bonds is 13. The van der Waals surface area contributed by atoms with Crippen molar-refractivity contribution in [3.8, 4) is 0 Å². The smallest absolute Gasteiger partial charge is 0.333 e. The molecule has 4 heteroatoms. The number of carbonyl (C=O) groups is 1. The number of unbranched alkanes of at least 4 members (excludes halogenated alkanes) is 8. The molecule has 0 aromatic carbocycles. The number of hydrogen-bond acceptors (Lipinski definition) is 4. The van der Waals surface area contributed by atoms with Gasteiger partial charge in [-0.05, 0) is 19.8 Å². The monoisotopic (exact) mass is 300 g/mol. The number of aliphatic hydroxyl groups excluding tert-OH is 2. The Bertz CT molecular complexity index is 285. The van der Waals surface area contributed by atoms with Crippen LogP contribution in [0.15, 0.2) is 11.8 Å². The molecule has 0 aromatic heterocycles. The Morgan fingerprint density at radius 1 is 1.00 bits per heavy atom. The van der Waals surface area contributed by atoms with Gasteiger partial charge in [-0.15, -0.1) is 0 Å². The fraction of sp³-hybridized carbons (Fsp3) is 0.824. The maximum absolute atomic E-state index is 10.9. The zero-order valence-corrected chi connectivity index (χ0v) is 13.6. The normalized spacial score (nSPS) is 13.2. The molecule has 1 atom stereocenters. The first-order chi connectivity index (χ1) is 10.1. The first-order valence-corrected chi connectivity index (χ1v) is 8.21. The van der Waals surface area contributed by atoms with E-state index in [0.717, 1.165) is 31.8 Å². The zero-order valence-electron chi connectivity index (χ0n) is 13.6. The van der Waals surface area contributed by atoms with Crippen LogP contribution in [0.1, 0.15) is 77.6 Å². The molecular weight excluding hydrogens is 268 g/mol. The lowest BCUT2D eigenvalue weighted by molar-refractivity contribution is -0.135. The molecule has 4 nitrogen and oxygen atoms in total. The third kappa shape index (κ3) is 15.2. The van der Waals surface area contributed by atoms with Crippen LogP contribution in [0.4, 0.5) is 0 Å². The van der Waals surface area contributed by atoms with E-state index in [1.165, 1.54) is 45.6 Å². The summed E-state index contributed by atoms with van der Waals surface area (Å²) in [6, 6.07) is 0. The van der Waals surface area contributed by atoms with Crippen molar-refractivity contribution in [1.82, 2.24) is 0 Å². The minimum absolute atomic E-state index is 0.111. The van der Waals surface area contributed by atoms with Gasteiger partial charge in [-0.1, -0.05) is 51.4 Å². The Labute approximate surface area is 129 Å². The quantitative estimate of drug-likeness (QED) is 0.231. The van der Waals surface area contributed by atoms with Crippen molar-refractivity contribution < 1.29 is 19.7 Å². The second kappa shape index (κ2) is 13.9. The van der Waals surface area contributed by atoms with Crippen molar-refractivity contribution in [2.75, 3.05) is 7.11 Å². The van der Waals surface area contributed by atoms with Gasteiger partial charge in [0.2, 0.25) is 0 Å². The van der Waals surface area contributed by atoms with E-state index in [0.29, 0.717) is 6.42 Å². The first kappa shape index (κ1) is 20.0. The van der Waals surface area contributed by atoms with Gasteiger partial charge in [0.15, 0.2) is 0 Å². The predicted octanol–water partition coefficient (Wildman–Crippen LogP) is 4.27. The van der Waals surface area contributed by atoms with Crippen LogP contribution in [-0.2, 0) is 9.53 Å². The first-order valence-electron chi connectivity index (χ1n) is 8.21. The summed E-state index contributed by atoms with van der Waals surface area (Å²) in [4.78, 5) is 10.9. The third-order valence-electron chi connectivity index (χ3n) is 3.54. The topological polar surface area (TPSA) is 66.8 Å². The molecule has 2 N–H and O–H groups in total. The molecule has 0 saturated carbocycles. The van der Waals surface area contributed by atoms with Crippen molar-refractivity contribution >= 4 is 5.97 Å². The highest BCUT2D eigenvalue weighted by Crippen LogP contribution is 2.13. The molecule has 0 bridgehead atoms. The fourth-order valence-electron chi connectivity index (χ4n) is 2.25. The summed E-state index contributed by atoms with van der Waals surface area (Å²) >= 11 is 0. The summed E-state index contributed by atoms with van der Waals surface area (Å²) in [7, 11) is 1.30. The van der Waals surface area contributed by atoms with Gasteiger partial charge in [0.1, 0.15) is 0 Å². The van der Waals surface area contributed by atoms with Gasteiger partial charge in [-0.3, -0.25) is 0 Å². The van der Waals surface area contributed by atoms with E-state index < -0.39 is 5.97 Å². The maximum Gasteiger partial charge on any atom is 0.333 e. The summed E-state index contributed by atoms with van der Waals surface area (Å²) in [6.45, 7) is 1.85. The van der Waals surface area contributed by atoms with Crippen LogP contribution >= 0.6 is 0 Å². The van der Waals surface area contributed by atoms with E-state index in [1.54, 1.807) is 0 Å². The number of hydrogen-bond donors (Lipinski definition) is 2. The molecule has 0 aromatic rings. The van der Waals surface area contributed by atoms with Crippen molar-refractivity contribution in [2.24, 2.45) is 0 Å². The average molecular weight is 300 g/mol. The van der Waals surface area contributed by atoms with Crippen LogP contribution in [-0.4, -0.2) is 29.4 Å². The Kier molecular flexibility index (Phi) is 13.2. The minimum Gasteiger partial charge on any atom is -0.512 e. The van der Waals surface area contributed by atoms with E-state index in [-0.39, 0.29) is 11.9 Å². The zero-order chi connectivity index (χ0) is 15.9. The lowest BCUT2D eigenvalue weighted by atomic mass is 10.0. The lowest BCUT2D eigenvalue weighted by Crippen LogP contribution is -1.98. The van der Waals surface area contributed by atoms with Gasteiger partial charge in [-0.25, -0.2) is 4.79 Å². The van der Waals surface area contributed by atoms with E-state index in [1.807, 2.05) is 6.92 Å². The summed E-state index contributed by atoms with van der Waals surface area (Å²) in [5, 5.41) is 18.6. The number of allylic oxidation sites excluding steroid dienone is 1. The van der Waals surface area contributed by atoms with E-state index >= 15 is 0 Å². The number of ether oxygens (including phenoxy) is 1. The molecule has 0 rings (SSSR count). The van der Waals surface area contributed by atoms with Gasteiger partial charge in [0.25, 0.3) is 0 Å². The van der Waals surface area contributed by atoms with Gasteiger partial charge < -0.3 is 14.9 Å². The van der Waals surface area contributed by atoms with Crippen LogP contribution in [0.2, 0.25) is 0 Å². The Morgan fingerprint density at radius 2 is 1.48 bits per heavy atom. The fourth-order valence-corrected chi connectivity index (χ4v) is 2.25. The van der Waals surface area contributed by atoms with Crippen LogP contribution in [0, 0.1) is 0 Å². The molecule has 0 amide bonds. The summed E-state index contributed by atoms with van der Waals surface area (Å²) in [5.74, 6) is -0.386. The minimum atomic E-state index is -0.497. The van der Waals surface area contributed by atoms with Gasteiger partial charge >= 0.3 is 5.97 Å². The number of carbonyl (C=O) groups excluding carboxylic acids is 1. The number of aliphatic hydroxyl groups is 2. The van der Waals surface area contributed by atoms with E-state index in [2.05, 4.69) is 4.74 Å². The van der Waals surface area contributed by atoms with Crippen LogP contribution in [0.3, 0.4) is 0 Å². The van der Waals surface area contributed by atoms with E-state index in [9.17, 15) is 9.90 Å². The second-order valence-corrected chi connectivity index (χ2v) is 5.73. The molecule has 0 saturated heterocycles. The van der Waals surface area contributed by atoms with Crippen molar-refractivity contribution in [3.63, 3.8) is 0 Å². The third-order valence-corrected chi connectivity index (χ3v) is 3.54. The molecule has 0 spiro atoms. The highest BCUT2D eigenvalue weighted by Gasteiger charge is 2.00. The van der Waals surface area contributed by atoms with Crippen molar-refractivity contribution in [3.05, 3.63) is 11.8 Å². The molecule has 0 heterocycles. The van der Waals surface area contributed by atoms with Crippen LogP contribution < -0.4 is 0 Å². The lowest BCUT2D eigenvalue weighted by Gasteiger charge is -2.04. The number of esters is 1. The van der Waals surface area contributed by atoms with Gasteiger partial charge in [-0.2, -0.15) is 0 Å². The molecule has 0 aliphatic rings. The summed E-state index contributed by atoms with van der Waals surface area (Å²) in [5.41, 5.74) is 0. The maximum atomic E-state index is 10.9. The molecule has 0 radical (unpaired) electrons. The molecular formula is C17H32O4. The van der Waals surface area contributed by atoms with Gasteiger partial charge in [0, 0.05) is 6.42 Å². The van der Waals surface area contributed by atoms with Gasteiger partial charge in [0.05, 0.1) is 25.0 Å². The van der Waals surface area contributed by atoms with E-state index in [4.69, 9.17) is 5.11 Å². The highest BCUT2D eigenvalue weighted by molar-refractivity contribution is 5.82. The summed E-state index contributed by atoms with van der Waals surface area (Å²) < 4.78 is 4.44. The molecule has 1 unspecified atom stereocenters. The Balaban J connectivity index is 3.26. The average Bonchev–Trinajstić information content (AvgIpc) is 2.44. The van der Waals surface area contributed by atoms with Crippen molar-refractivity contribution in [1.29, 1.82) is 0 Å². The standard InChI is InChI=1S/C17H32O4/c1-15(18)12-10-8-6-4-3-5-7-9-11-13-16(19)14-17(20)21-2/h14-15,18-19H,3-13H2,1-2H3. The largest absolute Gasteiger partial charge is 0.512 e. The molecule has 0 aliphatic heterocycles. The Morgan fingerprint density at radius 3 is 1.95 bits per heavy atom. The molecule has 0 fully saturated rings.